The Morgan fingerprint density at radius 2 is 1.71 bits per heavy atom. The van der Waals surface area contributed by atoms with Gasteiger partial charge in [0.1, 0.15) is 0 Å². The van der Waals surface area contributed by atoms with Crippen molar-refractivity contribution in [3.63, 3.8) is 0 Å². The molecule has 0 amide bonds. The lowest BCUT2D eigenvalue weighted by Crippen LogP contribution is -2.13. The average molecular weight is 283 g/mol. The fraction of sp³-hybridized carbons (Fsp3) is 0.278. The van der Waals surface area contributed by atoms with Crippen molar-refractivity contribution in [3.8, 4) is 0 Å². The molecule has 0 saturated heterocycles. The van der Waals surface area contributed by atoms with Gasteiger partial charge in [0.25, 0.3) is 0 Å². The average Bonchev–Trinajstić information content (AvgIpc) is 2.48. The number of rotatable bonds is 6. The first-order valence-electron chi connectivity index (χ1n) is 7.18. The molecule has 3 heteroatoms. The van der Waals surface area contributed by atoms with Gasteiger partial charge in [-0.3, -0.25) is 0 Å². The summed E-state index contributed by atoms with van der Waals surface area (Å²) in [5, 5.41) is 12.2. The minimum atomic E-state index is -0.889. The summed E-state index contributed by atoms with van der Waals surface area (Å²) in [5.74, 6) is -0.353. The second-order valence-electron chi connectivity index (χ2n) is 5.51. The van der Waals surface area contributed by atoms with Crippen LogP contribution < -0.4 is 5.32 Å². The zero-order valence-corrected chi connectivity index (χ0v) is 12.5. The van der Waals surface area contributed by atoms with Crippen LogP contribution in [0.4, 0.5) is 0 Å². The van der Waals surface area contributed by atoms with E-state index in [1.54, 1.807) is 12.1 Å². The van der Waals surface area contributed by atoms with Gasteiger partial charge in [0, 0.05) is 13.1 Å². The lowest BCUT2D eigenvalue weighted by molar-refractivity contribution is 0.0697. The molecular weight excluding hydrogens is 262 g/mol. The van der Waals surface area contributed by atoms with Gasteiger partial charge in [-0.2, -0.15) is 0 Å². The van der Waals surface area contributed by atoms with Gasteiger partial charge in [-0.1, -0.05) is 50.2 Å². The summed E-state index contributed by atoms with van der Waals surface area (Å²) < 4.78 is 0. The van der Waals surface area contributed by atoms with Crippen molar-refractivity contribution in [1.29, 1.82) is 0 Å². The molecule has 0 saturated carbocycles. The Morgan fingerprint density at radius 3 is 2.33 bits per heavy atom. The van der Waals surface area contributed by atoms with Crippen molar-refractivity contribution < 1.29 is 9.90 Å². The van der Waals surface area contributed by atoms with Crippen LogP contribution in [0, 0.1) is 0 Å². The maximum absolute atomic E-state index is 10.8. The summed E-state index contributed by atoms with van der Waals surface area (Å²) in [7, 11) is 0. The molecule has 0 aliphatic heterocycles. The molecule has 0 aliphatic carbocycles. The predicted octanol–water partition coefficient (Wildman–Crippen LogP) is 3.80. The molecule has 0 heterocycles. The van der Waals surface area contributed by atoms with Gasteiger partial charge in [-0.25, -0.2) is 4.79 Å². The largest absolute Gasteiger partial charge is 0.478 e. The van der Waals surface area contributed by atoms with Gasteiger partial charge in [0.2, 0.25) is 0 Å². The minimum absolute atomic E-state index is 0.323. The van der Waals surface area contributed by atoms with Gasteiger partial charge in [-0.05, 0) is 34.7 Å². The van der Waals surface area contributed by atoms with Crippen LogP contribution in [-0.2, 0) is 13.1 Å². The van der Waals surface area contributed by atoms with Crippen molar-refractivity contribution in [1.82, 2.24) is 5.32 Å². The lowest BCUT2D eigenvalue weighted by Gasteiger charge is -2.09. The van der Waals surface area contributed by atoms with Gasteiger partial charge >= 0.3 is 5.97 Å². The molecule has 2 aromatic rings. The zero-order valence-electron chi connectivity index (χ0n) is 12.5. The second-order valence-corrected chi connectivity index (χ2v) is 5.51. The summed E-state index contributed by atoms with van der Waals surface area (Å²) in [6, 6.07) is 15.6. The van der Waals surface area contributed by atoms with Crippen molar-refractivity contribution in [2.24, 2.45) is 0 Å². The van der Waals surface area contributed by atoms with Crippen molar-refractivity contribution in [3.05, 3.63) is 70.8 Å². The number of aromatic carboxylic acids is 1. The molecule has 2 rings (SSSR count). The number of hydrogen-bond donors (Lipinski definition) is 2. The summed E-state index contributed by atoms with van der Waals surface area (Å²) in [6.45, 7) is 5.92. The van der Waals surface area contributed by atoms with Crippen LogP contribution >= 0.6 is 0 Å². The van der Waals surface area contributed by atoms with E-state index in [0.717, 1.165) is 18.7 Å². The Morgan fingerprint density at radius 1 is 1.05 bits per heavy atom. The topological polar surface area (TPSA) is 49.3 Å². The smallest absolute Gasteiger partial charge is 0.335 e. The van der Waals surface area contributed by atoms with Crippen LogP contribution in [-0.4, -0.2) is 11.1 Å². The first-order valence-corrected chi connectivity index (χ1v) is 7.18. The molecule has 0 fully saturated rings. The van der Waals surface area contributed by atoms with E-state index in [2.05, 4.69) is 43.4 Å². The van der Waals surface area contributed by atoms with Gasteiger partial charge in [0.05, 0.1) is 5.56 Å². The fourth-order valence-corrected chi connectivity index (χ4v) is 2.18. The van der Waals surface area contributed by atoms with Crippen LogP contribution in [0.3, 0.4) is 0 Å². The molecule has 0 bridgehead atoms. The van der Waals surface area contributed by atoms with Crippen LogP contribution in [0.2, 0.25) is 0 Å². The lowest BCUT2D eigenvalue weighted by atomic mass is 10.0. The quantitative estimate of drug-likeness (QED) is 0.847. The van der Waals surface area contributed by atoms with Crippen LogP contribution in [0.1, 0.15) is 46.8 Å². The number of carbonyl (C=O) groups is 1. The SMILES string of the molecule is CC(C)c1cccc(CNCc2ccc(C(=O)O)cc2)c1. The molecule has 110 valence electrons. The van der Waals surface area contributed by atoms with E-state index >= 15 is 0 Å². The van der Waals surface area contributed by atoms with Gasteiger partial charge in [-0.15, -0.1) is 0 Å². The fourth-order valence-electron chi connectivity index (χ4n) is 2.18. The van der Waals surface area contributed by atoms with Crippen molar-refractivity contribution >= 4 is 5.97 Å². The highest BCUT2D eigenvalue weighted by Crippen LogP contribution is 2.15. The minimum Gasteiger partial charge on any atom is -0.478 e. The number of benzene rings is 2. The van der Waals surface area contributed by atoms with Crippen LogP contribution in [0.25, 0.3) is 0 Å². The Labute approximate surface area is 125 Å². The summed E-state index contributed by atoms with van der Waals surface area (Å²) in [6.07, 6.45) is 0. The Balaban J connectivity index is 1.89. The van der Waals surface area contributed by atoms with E-state index in [9.17, 15) is 4.79 Å². The number of hydrogen-bond acceptors (Lipinski definition) is 2. The number of nitrogens with one attached hydrogen (secondary N) is 1. The van der Waals surface area contributed by atoms with Crippen molar-refractivity contribution in [2.75, 3.05) is 0 Å². The molecule has 0 aromatic heterocycles. The molecule has 2 aromatic carbocycles. The zero-order chi connectivity index (χ0) is 15.2. The summed E-state index contributed by atoms with van der Waals surface area (Å²) in [4.78, 5) is 10.8. The normalized spacial score (nSPS) is 10.8. The van der Waals surface area contributed by atoms with E-state index in [0.29, 0.717) is 11.5 Å². The third-order valence-electron chi connectivity index (χ3n) is 3.48. The maximum atomic E-state index is 10.8. The predicted molar refractivity (Wildman–Crippen MR) is 84.5 cm³/mol. The molecule has 0 aliphatic rings. The molecule has 0 atom stereocenters. The van der Waals surface area contributed by atoms with E-state index in [-0.39, 0.29) is 0 Å². The molecule has 21 heavy (non-hydrogen) atoms. The molecule has 0 radical (unpaired) electrons. The van der Waals surface area contributed by atoms with Crippen molar-refractivity contribution in [2.45, 2.75) is 32.9 Å². The third kappa shape index (κ3) is 4.43. The van der Waals surface area contributed by atoms with E-state index < -0.39 is 5.97 Å². The first-order chi connectivity index (χ1) is 10.1. The highest BCUT2D eigenvalue weighted by Gasteiger charge is 2.02. The first kappa shape index (κ1) is 15.3. The maximum Gasteiger partial charge on any atom is 0.335 e. The molecule has 0 unspecified atom stereocenters. The Bertz CT molecular complexity index is 603. The van der Waals surface area contributed by atoms with E-state index in [1.165, 1.54) is 11.1 Å². The molecular formula is C18H21NO2. The Hall–Kier alpha value is -2.13. The molecule has 2 N–H and O–H groups in total. The van der Waals surface area contributed by atoms with Crippen LogP contribution in [0.15, 0.2) is 48.5 Å². The second kappa shape index (κ2) is 7.04. The van der Waals surface area contributed by atoms with Crippen LogP contribution in [0.5, 0.6) is 0 Å². The summed E-state index contributed by atoms with van der Waals surface area (Å²) >= 11 is 0. The van der Waals surface area contributed by atoms with Gasteiger partial charge in [0.15, 0.2) is 0 Å². The highest BCUT2D eigenvalue weighted by molar-refractivity contribution is 5.87. The third-order valence-corrected chi connectivity index (χ3v) is 3.48. The Kier molecular flexibility index (Phi) is 5.12. The highest BCUT2D eigenvalue weighted by atomic mass is 16.4. The monoisotopic (exact) mass is 283 g/mol. The molecule has 0 spiro atoms. The standard InChI is InChI=1S/C18H21NO2/c1-13(2)17-5-3-4-15(10-17)12-19-11-14-6-8-16(9-7-14)18(20)21/h3-10,13,19H,11-12H2,1-2H3,(H,20,21). The number of carboxylic acids is 1. The van der Waals surface area contributed by atoms with Gasteiger partial charge < -0.3 is 10.4 Å². The summed E-state index contributed by atoms with van der Waals surface area (Å²) in [5.41, 5.74) is 4.02. The molecule has 3 nitrogen and oxygen atoms in total. The van der Waals surface area contributed by atoms with E-state index in [1.807, 2.05) is 12.1 Å². The van der Waals surface area contributed by atoms with E-state index in [4.69, 9.17) is 5.11 Å². The number of carboxylic acid groups (broad SMARTS) is 1.